The van der Waals surface area contributed by atoms with Crippen molar-refractivity contribution in [2.24, 2.45) is 5.92 Å². The zero-order valence-corrected chi connectivity index (χ0v) is 26.6. The number of nitrogens with one attached hydrogen (secondary N) is 3. The van der Waals surface area contributed by atoms with Crippen LogP contribution in [-0.4, -0.2) is 81.9 Å². The summed E-state index contributed by atoms with van der Waals surface area (Å²) >= 11 is 0. The van der Waals surface area contributed by atoms with Crippen molar-refractivity contribution < 1.29 is 23.9 Å². The van der Waals surface area contributed by atoms with Crippen molar-refractivity contribution in [1.82, 2.24) is 10.2 Å². The van der Waals surface area contributed by atoms with Gasteiger partial charge in [-0.05, 0) is 93.1 Å². The maximum atomic E-state index is 13.6. The van der Waals surface area contributed by atoms with Gasteiger partial charge in [-0.25, -0.2) is 9.59 Å². The summed E-state index contributed by atoms with van der Waals surface area (Å²) in [6.07, 6.45) is 4.01. The fourth-order valence-corrected chi connectivity index (χ4v) is 6.02. The predicted octanol–water partition coefficient (Wildman–Crippen LogP) is 5.42. The summed E-state index contributed by atoms with van der Waals surface area (Å²) in [6, 6.07) is 22.2. The van der Waals surface area contributed by atoms with E-state index in [0.29, 0.717) is 41.6 Å². The van der Waals surface area contributed by atoms with Crippen molar-refractivity contribution in [3.63, 3.8) is 0 Å². The third-order valence-electron chi connectivity index (χ3n) is 8.52. The lowest BCUT2D eigenvalue weighted by Crippen LogP contribution is -2.38. The van der Waals surface area contributed by atoms with Crippen LogP contribution in [0.1, 0.15) is 52.5 Å². The van der Waals surface area contributed by atoms with E-state index in [-0.39, 0.29) is 5.91 Å². The van der Waals surface area contributed by atoms with E-state index < -0.39 is 12.0 Å². The van der Waals surface area contributed by atoms with Gasteiger partial charge >= 0.3 is 12.0 Å². The Labute approximate surface area is 271 Å². The molecule has 3 N–H and O–H groups in total. The molecule has 0 saturated carbocycles. The van der Waals surface area contributed by atoms with Gasteiger partial charge in [0.15, 0.2) is 0 Å². The minimum atomic E-state index is -0.449. The average molecular weight is 628 g/mol. The lowest BCUT2D eigenvalue weighted by Gasteiger charge is -2.35. The molecule has 244 valence electrons. The molecule has 0 radical (unpaired) electrons. The molecule has 2 aliphatic heterocycles. The lowest BCUT2D eigenvalue weighted by molar-refractivity contribution is 0.0374. The number of morpholine rings is 1. The molecular formula is C36H45N5O5. The summed E-state index contributed by atoms with van der Waals surface area (Å²) < 4.78 is 10.5. The smallest absolute Gasteiger partial charge is 0.338 e. The van der Waals surface area contributed by atoms with E-state index in [0.717, 1.165) is 77.3 Å². The van der Waals surface area contributed by atoms with Crippen LogP contribution in [0.3, 0.4) is 0 Å². The Morgan fingerprint density at radius 1 is 0.870 bits per heavy atom. The van der Waals surface area contributed by atoms with Gasteiger partial charge in [0.25, 0.3) is 5.91 Å². The number of urea groups is 1. The Hall–Kier alpha value is -4.41. The highest BCUT2D eigenvalue weighted by atomic mass is 16.5. The summed E-state index contributed by atoms with van der Waals surface area (Å²) in [4.78, 5) is 43.0. The minimum absolute atomic E-state index is 0.151. The van der Waals surface area contributed by atoms with Crippen LogP contribution < -0.4 is 20.9 Å². The maximum absolute atomic E-state index is 13.6. The Balaban J connectivity index is 1.23. The van der Waals surface area contributed by atoms with Gasteiger partial charge in [0.1, 0.15) is 0 Å². The van der Waals surface area contributed by atoms with Crippen LogP contribution in [-0.2, 0) is 15.9 Å². The van der Waals surface area contributed by atoms with Crippen molar-refractivity contribution in [3.05, 3.63) is 89.5 Å². The Bertz CT molecular complexity index is 1430. The summed E-state index contributed by atoms with van der Waals surface area (Å²) in [5.74, 6) is 0.0417. The first-order chi connectivity index (χ1) is 22.5. The Kier molecular flexibility index (Phi) is 12.0. The molecule has 2 aliphatic rings. The number of hydrogen-bond acceptors (Lipinski definition) is 7. The van der Waals surface area contributed by atoms with Gasteiger partial charge in [0, 0.05) is 49.8 Å². The number of esters is 1. The topological polar surface area (TPSA) is 112 Å². The number of benzene rings is 3. The fraction of sp³-hybridized carbons (Fsp3) is 0.417. The monoisotopic (exact) mass is 627 g/mol. The number of hydrogen-bond donors (Lipinski definition) is 3. The number of ether oxygens (including phenoxy) is 2. The van der Waals surface area contributed by atoms with Crippen molar-refractivity contribution >= 4 is 35.0 Å². The van der Waals surface area contributed by atoms with Gasteiger partial charge < -0.3 is 30.3 Å². The molecule has 2 saturated heterocycles. The van der Waals surface area contributed by atoms with E-state index in [4.69, 9.17) is 9.47 Å². The molecule has 10 nitrogen and oxygen atoms in total. The summed E-state index contributed by atoms with van der Waals surface area (Å²) in [7, 11) is 0. The molecule has 0 bridgehead atoms. The first kappa shape index (κ1) is 33.0. The zero-order chi connectivity index (χ0) is 32.1. The second kappa shape index (κ2) is 16.8. The second-order valence-electron chi connectivity index (χ2n) is 11.8. The van der Waals surface area contributed by atoms with E-state index in [9.17, 15) is 14.4 Å². The predicted molar refractivity (Wildman–Crippen MR) is 181 cm³/mol. The van der Waals surface area contributed by atoms with Crippen molar-refractivity contribution in [3.8, 4) is 0 Å². The van der Waals surface area contributed by atoms with Crippen molar-refractivity contribution in [2.75, 3.05) is 74.6 Å². The molecule has 2 fully saturated rings. The average Bonchev–Trinajstić information content (AvgIpc) is 3.08. The van der Waals surface area contributed by atoms with E-state index >= 15 is 0 Å². The van der Waals surface area contributed by atoms with Crippen molar-refractivity contribution in [2.45, 2.75) is 32.6 Å². The highest BCUT2D eigenvalue weighted by Gasteiger charge is 2.24. The molecule has 0 spiro atoms. The van der Waals surface area contributed by atoms with Crippen LogP contribution in [0.15, 0.2) is 72.8 Å². The van der Waals surface area contributed by atoms with Gasteiger partial charge in [-0.2, -0.15) is 0 Å². The SMILES string of the molecule is CCOC(=O)c1ccc(NC(=O)Nc2ccc(N3CCC(Cc4ccccc4)CC3)c(C(=O)NCCCN3CCOCC3)c2)cc1. The standard InChI is InChI=1S/C36H45N5O5/c1-2-46-35(43)29-9-11-30(12-10-29)38-36(44)39-31-13-14-33(41-19-15-28(16-20-41)25-27-7-4-3-5-8-27)32(26-31)34(42)37-17-6-18-40-21-23-45-24-22-40/h3-5,7-14,26,28H,2,6,15-25H2,1H3,(H,37,42)(H2,38,39,44). The molecule has 0 aromatic heterocycles. The van der Waals surface area contributed by atoms with Crippen LogP contribution in [0, 0.1) is 5.92 Å². The van der Waals surface area contributed by atoms with E-state index in [1.807, 2.05) is 18.2 Å². The molecule has 3 amide bonds. The van der Waals surface area contributed by atoms with Gasteiger partial charge in [-0.3, -0.25) is 9.69 Å². The number of carbonyl (C=O) groups is 3. The van der Waals surface area contributed by atoms with Gasteiger partial charge in [0.2, 0.25) is 0 Å². The number of carbonyl (C=O) groups excluding carboxylic acids is 3. The molecule has 2 heterocycles. The third-order valence-corrected chi connectivity index (χ3v) is 8.52. The number of amides is 3. The van der Waals surface area contributed by atoms with Crippen LogP contribution in [0.4, 0.5) is 21.9 Å². The van der Waals surface area contributed by atoms with Crippen LogP contribution in [0.25, 0.3) is 0 Å². The van der Waals surface area contributed by atoms with E-state index in [1.165, 1.54) is 5.56 Å². The summed E-state index contributed by atoms with van der Waals surface area (Å²) in [6.45, 7) is 8.60. The Morgan fingerprint density at radius 3 is 2.28 bits per heavy atom. The van der Waals surface area contributed by atoms with E-state index in [1.54, 1.807) is 37.3 Å². The lowest BCUT2D eigenvalue weighted by atomic mass is 9.89. The highest BCUT2D eigenvalue weighted by Crippen LogP contribution is 2.30. The fourth-order valence-electron chi connectivity index (χ4n) is 6.02. The number of nitrogens with zero attached hydrogens (tertiary/aromatic N) is 2. The van der Waals surface area contributed by atoms with Crippen LogP contribution in [0.2, 0.25) is 0 Å². The number of piperidine rings is 1. The molecule has 0 aliphatic carbocycles. The maximum Gasteiger partial charge on any atom is 0.338 e. The summed E-state index contributed by atoms with van der Waals surface area (Å²) in [5.41, 5.74) is 4.24. The molecule has 3 aromatic carbocycles. The first-order valence-corrected chi connectivity index (χ1v) is 16.3. The molecule has 10 heteroatoms. The Morgan fingerprint density at radius 2 is 1.57 bits per heavy atom. The summed E-state index contributed by atoms with van der Waals surface area (Å²) in [5, 5.41) is 8.76. The van der Waals surface area contributed by atoms with Gasteiger partial charge in [0.05, 0.1) is 30.9 Å². The van der Waals surface area contributed by atoms with Gasteiger partial charge in [-0.15, -0.1) is 0 Å². The van der Waals surface area contributed by atoms with Crippen LogP contribution >= 0.6 is 0 Å². The zero-order valence-electron chi connectivity index (χ0n) is 26.6. The minimum Gasteiger partial charge on any atom is -0.462 e. The second-order valence-corrected chi connectivity index (χ2v) is 11.8. The highest BCUT2D eigenvalue weighted by molar-refractivity contribution is 6.04. The largest absolute Gasteiger partial charge is 0.462 e. The number of anilines is 3. The normalized spacial score (nSPS) is 15.6. The van der Waals surface area contributed by atoms with Crippen molar-refractivity contribution in [1.29, 1.82) is 0 Å². The van der Waals surface area contributed by atoms with E-state index in [2.05, 4.69) is 50.0 Å². The van der Waals surface area contributed by atoms with Gasteiger partial charge in [-0.1, -0.05) is 30.3 Å². The molecule has 3 aromatic rings. The molecule has 0 unspecified atom stereocenters. The quantitative estimate of drug-likeness (QED) is 0.182. The third kappa shape index (κ3) is 9.55. The molecular weight excluding hydrogens is 582 g/mol. The van der Waals surface area contributed by atoms with Crippen LogP contribution in [0.5, 0.6) is 0 Å². The molecule has 0 atom stereocenters. The first-order valence-electron chi connectivity index (χ1n) is 16.3. The number of rotatable bonds is 12. The molecule has 5 rings (SSSR count). The molecule has 46 heavy (non-hydrogen) atoms.